The third kappa shape index (κ3) is 2.58. The highest BCUT2D eigenvalue weighted by molar-refractivity contribution is 7.85. The minimum absolute atomic E-state index is 0.227. The fourth-order valence-electron chi connectivity index (χ4n) is 1.73. The van der Waals surface area contributed by atoms with E-state index in [0.717, 1.165) is 18.0 Å². The van der Waals surface area contributed by atoms with Crippen LogP contribution in [0.3, 0.4) is 0 Å². The topological polar surface area (TPSA) is 38.3 Å². The second-order valence-corrected chi connectivity index (χ2v) is 5.21. The highest BCUT2D eigenvalue weighted by Gasteiger charge is 2.18. The molecule has 2 rings (SSSR count). The summed E-state index contributed by atoms with van der Waals surface area (Å²) in [6.45, 7) is 0.837. The Morgan fingerprint density at radius 1 is 1.40 bits per heavy atom. The van der Waals surface area contributed by atoms with Gasteiger partial charge >= 0.3 is 0 Å². The number of nitrogens with one attached hydrogen (secondary N) is 1. The van der Waals surface area contributed by atoms with Gasteiger partial charge in [-0.2, -0.15) is 0 Å². The van der Waals surface area contributed by atoms with E-state index in [0.29, 0.717) is 5.75 Å². The zero-order chi connectivity index (χ0) is 10.7. The predicted octanol–water partition coefficient (Wildman–Crippen LogP) is 1.09. The fraction of sp³-hybridized carbons (Fsp3) is 0.455. The van der Waals surface area contributed by atoms with Gasteiger partial charge in [0.05, 0.1) is 7.11 Å². The standard InChI is InChI=1S/C11H15NO2S/c1-14-10-4-2-9(3-5-10)11-8-15(13)7-6-12-11/h2-5,11-12H,6-8H2,1H3. The Morgan fingerprint density at radius 2 is 2.13 bits per heavy atom. The molecule has 0 amide bonds. The second-order valence-electron chi connectivity index (χ2n) is 3.59. The van der Waals surface area contributed by atoms with Crippen LogP contribution in [0, 0.1) is 0 Å². The summed E-state index contributed by atoms with van der Waals surface area (Å²) < 4.78 is 16.5. The van der Waals surface area contributed by atoms with E-state index in [2.05, 4.69) is 5.32 Å². The predicted molar refractivity (Wildman–Crippen MR) is 61.6 cm³/mol. The first-order valence-corrected chi connectivity index (χ1v) is 6.50. The number of hydrogen-bond acceptors (Lipinski definition) is 3. The molecule has 82 valence electrons. The summed E-state index contributed by atoms with van der Waals surface area (Å²) in [5.41, 5.74) is 1.18. The van der Waals surface area contributed by atoms with Crippen molar-refractivity contribution < 1.29 is 8.95 Å². The molecule has 4 heteroatoms. The van der Waals surface area contributed by atoms with E-state index in [4.69, 9.17) is 4.74 Å². The van der Waals surface area contributed by atoms with Gasteiger partial charge in [0.2, 0.25) is 0 Å². The molecular formula is C11H15NO2S. The first-order chi connectivity index (χ1) is 7.29. The lowest BCUT2D eigenvalue weighted by molar-refractivity contribution is 0.414. The molecule has 15 heavy (non-hydrogen) atoms. The average molecular weight is 225 g/mol. The number of methoxy groups -OCH3 is 1. The van der Waals surface area contributed by atoms with Crippen molar-refractivity contribution in [3.63, 3.8) is 0 Å². The summed E-state index contributed by atoms with van der Waals surface area (Å²) in [6, 6.07) is 8.16. The maximum absolute atomic E-state index is 11.4. The maximum Gasteiger partial charge on any atom is 0.118 e. The van der Waals surface area contributed by atoms with Gasteiger partial charge < -0.3 is 10.1 Å². The number of benzene rings is 1. The lowest BCUT2D eigenvalue weighted by Crippen LogP contribution is -2.36. The van der Waals surface area contributed by atoms with E-state index >= 15 is 0 Å². The SMILES string of the molecule is COc1ccc(C2CS(=O)CCN2)cc1. The maximum atomic E-state index is 11.4. The first kappa shape index (κ1) is 10.6. The molecule has 1 fully saturated rings. The Kier molecular flexibility index (Phi) is 3.38. The van der Waals surface area contributed by atoms with Gasteiger partial charge in [0.25, 0.3) is 0 Å². The van der Waals surface area contributed by atoms with Gasteiger partial charge in [-0.1, -0.05) is 12.1 Å². The summed E-state index contributed by atoms with van der Waals surface area (Å²) >= 11 is 0. The quantitative estimate of drug-likeness (QED) is 0.818. The van der Waals surface area contributed by atoms with Crippen molar-refractivity contribution in [3.05, 3.63) is 29.8 Å². The van der Waals surface area contributed by atoms with Crippen molar-refractivity contribution in [2.75, 3.05) is 25.2 Å². The Balaban J connectivity index is 2.11. The Morgan fingerprint density at radius 3 is 2.73 bits per heavy atom. The number of hydrogen-bond donors (Lipinski definition) is 1. The smallest absolute Gasteiger partial charge is 0.118 e. The zero-order valence-corrected chi connectivity index (χ0v) is 9.55. The van der Waals surface area contributed by atoms with E-state index in [-0.39, 0.29) is 6.04 Å². The number of rotatable bonds is 2. The molecule has 1 aliphatic rings. The van der Waals surface area contributed by atoms with Crippen LogP contribution in [0.4, 0.5) is 0 Å². The Labute approximate surface area is 92.3 Å². The van der Waals surface area contributed by atoms with Gasteiger partial charge in [0, 0.05) is 34.9 Å². The molecule has 0 saturated carbocycles. The molecule has 1 aromatic rings. The first-order valence-electron chi connectivity index (χ1n) is 5.02. The molecule has 1 aromatic carbocycles. The summed E-state index contributed by atoms with van der Waals surface area (Å²) in [5, 5.41) is 3.37. The van der Waals surface area contributed by atoms with E-state index in [1.807, 2.05) is 24.3 Å². The van der Waals surface area contributed by atoms with Crippen molar-refractivity contribution in [3.8, 4) is 5.75 Å². The van der Waals surface area contributed by atoms with Gasteiger partial charge in [-0.05, 0) is 17.7 Å². The van der Waals surface area contributed by atoms with Gasteiger partial charge in [-0.3, -0.25) is 4.21 Å². The van der Waals surface area contributed by atoms with Crippen LogP contribution in [0.1, 0.15) is 11.6 Å². The molecular weight excluding hydrogens is 210 g/mol. The highest BCUT2D eigenvalue weighted by atomic mass is 32.2. The van der Waals surface area contributed by atoms with Crippen molar-refractivity contribution in [1.82, 2.24) is 5.32 Å². The normalized spacial score (nSPS) is 26.2. The van der Waals surface area contributed by atoms with Crippen LogP contribution in [-0.2, 0) is 10.8 Å². The van der Waals surface area contributed by atoms with Crippen LogP contribution in [0.15, 0.2) is 24.3 Å². The highest BCUT2D eigenvalue weighted by Crippen LogP contribution is 2.20. The zero-order valence-electron chi connectivity index (χ0n) is 8.73. The summed E-state index contributed by atoms with van der Waals surface area (Å²) in [5.74, 6) is 2.34. The van der Waals surface area contributed by atoms with Gasteiger partial charge in [-0.15, -0.1) is 0 Å². The second kappa shape index (κ2) is 4.77. The van der Waals surface area contributed by atoms with Crippen LogP contribution in [0.25, 0.3) is 0 Å². The van der Waals surface area contributed by atoms with E-state index < -0.39 is 10.8 Å². The molecule has 2 unspecified atom stereocenters. The van der Waals surface area contributed by atoms with Crippen LogP contribution in [0.2, 0.25) is 0 Å². The molecule has 0 aromatic heterocycles. The Hall–Kier alpha value is -0.870. The molecule has 0 radical (unpaired) electrons. The lowest BCUT2D eigenvalue weighted by atomic mass is 10.1. The molecule has 3 nitrogen and oxygen atoms in total. The van der Waals surface area contributed by atoms with Gasteiger partial charge in [0.1, 0.15) is 5.75 Å². The van der Waals surface area contributed by atoms with Crippen molar-refractivity contribution in [2.24, 2.45) is 0 Å². The lowest BCUT2D eigenvalue weighted by Gasteiger charge is -2.23. The molecule has 1 aliphatic heterocycles. The molecule has 0 spiro atoms. The van der Waals surface area contributed by atoms with Gasteiger partial charge in [0.15, 0.2) is 0 Å². The number of ether oxygens (including phenoxy) is 1. The third-order valence-corrected chi connectivity index (χ3v) is 3.96. The summed E-state index contributed by atoms with van der Waals surface area (Å²) in [6.07, 6.45) is 0. The summed E-state index contributed by atoms with van der Waals surface area (Å²) in [7, 11) is 0.984. The average Bonchev–Trinajstić information content (AvgIpc) is 2.29. The summed E-state index contributed by atoms with van der Waals surface area (Å²) in [4.78, 5) is 0. The minimum atomic E-state index is -0.672. The largest absolute Gasteiger partial charge is 0.497 e. The van der Waals surface area contributed by atoms with Crippen molar-refractivity contribution in [1.29, 1.82) is 0 Å². The van der Waals surface area contributed by atoms with Crippen LogP contribution in [0.5, 0.6) is 5.75 Å². The molecule has 1 saturated heterocycles. The molecule has 1 N–H and O–H groups in total. The molecule has 0 aliphatic carbocycles. The van der Waals surface area contributed by atoms with E-state index in [1.165, 1.54) is 5.56 Å². The fourth-order valence-corrected chi connectivity index (χ4v) is 2.92. The van der Waals surface area contributed by atoms with Gasteiger partial charge in [-0.25, -0.2) is 0 Å². The molecule has 0 bridgehead atoms. The van der Waals surface area contributed by atoms with Crippen LogP contribution in [-0.4, -0.2) is 29.4 Å². The minimum Gasteiger partial charge on any atom is -0.497 e. The van der Waals surface area contributed by atoms with Crippen molar-refractivity contribution >= 4 is 10.8 Å². The molecule has 1 heterocycles. The Bertz CT molecular complexity index is 350. The van der Waals surface area contributed by atoms with Crippen molar-refractivity contribution in [2.45, 2.75) is 6.04 Å². The monoisotopic (exact) mass is 225 g/mol. The van der Waals surface area contributed by atoms with Crippen LogP contribution >= 0.6 is 0 Å². The van der Waals surface area contributed by atoms with E-state index in [1.54, 1.807) is 7.11 Å². The molecule has 2 atom stereocenters. The van der Waals surface area contributed by atoms with Crippen LogP contribution < -0.4 is 10.1 Å². The third-order valence-electron chi connectivity index (χ3n) is 2.59. The van der Waals surface area contributed by atoms with E-state index in [9.17, 15) is 4.21 Å².